The third kappa shape index (κ3) is 4.40. The van der Waals surface area contributed by atoms with Crippen LogP contribution in [0.3, 0.4) is 0 Å². The van der Waals surface area contributed by atoms with Crippen molar-refractivity contribution in [3.8, 4) is 0 Å². The first-order chi connectivity index (χ1) is 12.2. The lowest BCUT2D eigenvalue weighted by molar-refractivity contribution is 0.645. The topological polar surface area (TPSA) is 49.3 Å². The van der Waals surface area contributed by atoms with E-state index in [1.807, 2.05) is 18.4 Å². The van der Waals surface area contributed by atoms with E-state index in [0.717, 1.165) is 31.9 Å². The maximum absolute atomic E-state index is 4.70. The summed E-state index contributed by atoms with van der Waals surface area (Å²) < 4.78 is 0. The minimum absolute atomic E-state index is 0.293. The lowest BCUT2D eigenvalue weighted by atomic mass is 9.96. The molecule has 3 rings (SSSR count). The normalized spacial score (nSPS) is 15.9. The Bertz CT molecular complexity index is 717. The molecular weight excluding hydrogens is 328 g/mol. The molecule has 2 aromatic rings. The zero-order valence-electron chi connectivity index (χ0n) is 15.4. The highest BCUT2D eigenvalue weighted by molar-refractivity contribution is 7.11. The molecule has 0 saturated heterocycles. The molecule has 134 valence electrons. The Hall–Kier alpha value is -1.88. The number of thiazole rings is 1. The fourth-order valence-electron chi connectivity index (χ4n) is 3.19. The Labute approximate surface area is 154 Å². The van der Waals surface area contributed by atoms with Gasteiger partial charge in [0, 0.05) is 36.9 Å². The number of nitrogens with zero attached hydrogens (tertiary/aromatic N) is 2. The lowest BCUT2D eigenvalue weighted by Gasteiger charge is -2.19. The molecule has 5 heteroatoms. The third-order valence-electron chi connectivity index (χ3n) is 4.96. The maximum atomic E-state index is 4.70. The predicted octanol–water partition coefficient (Wildman–Crippen LogP) is 3.45. The number of rotatable bonds is 7. The first-order valence-electron chi connectivity index (χ1n) is 9.12. The molecule has 1 aromatic carbocycles. The summed E-state index contributed by atoms with van der Waals surface area (Å²) in [4.78, 5) is 10.4. The van der Waals surface area contributed by atoms with E-state index in [2.05, 4.69) is 59.8 Å². The highest BCUT2D eigenvalue weighted by atomic mass is 32.1. The molecule has 0 amide bonds. The van der Waals surface area contributed by atoms with Gasteiger partial charge in [-0.2, -0.15) is 0 Å². The van der Waals surface area contributed by atoms with Gasteiger partial charge in [0.1, 0.15) is 0 Å². The minimum Gasteiger partial charge on any atom is -0.356 e. The van der Waals surface area contributed by atoms with Crippen LogP contribution in [0.1, 0.15) is 40.9 Å². The minimum atomic E-state index is 0.293. The summed E-state index contributed by atoms with van der Waals surface area (Å²) in [5.74, 6) is 0.881. The SMILES string of the molecule is CCc1nc(CCNC(=NC)NCC2(c3ccccc3)CC2)sc1C. The van der Waals surface area contributed by atoms with Crippen LogP contribution < -0.4 is 10.6 Å². The number of aryl methyl sites for hydroxylation is 2. The molecule has 1 aromatic heterocycles. The average molecular weight is 357 g/mol. The second-order valence-electron chi connectivity index (χ2n) is 6.71. The summed E-state index contributed by atoms with van der Waals surface area (Å²) in [5, 5.41) is 8.14. The average Bonchev–Trinajstić information content (AvgIpc) is 3.35. The van der Waals surface area contributed by atoms with Crippen LogP contribution >= 0.6 is 11.3 Å². The van der Waals surface area contributed by atoms with Gasteiger partial charge in [-0.1, -0.05) is 37.3 Å². The molecule has 0 bridgehead atoms. The maximum Gasteiger partial charge on any atom is 0.191 e. The molecule has 1 aliphatic rings. The van der Waals surface area contributed by atoms with Crippen LogP contribution in [0, 0.1) is 6.92 Å². The van der Waals surface area contributed by atoms with Gasteiger partial charge >= 0.3 is 0 Å². The van der Waals surface area contributed by atoms with Crippen molar-refractivity contribution in [3.63, 3.8) is 0 Å². The Morgan fingerprint density at radius 1 is 1.24 bits per heavy atom. The Kier molecular flexibility index (Phi) is 5.74. The van der Waals surface area contributed by atoms with E-state index < -0.39 is 0 Å². The summed E-state index contributed by atoms with van der Waals surface area (Å²) in [6.45, 7) is 6.12. The Morgan fingerprint density at radius 2 is 2.00 bits per heavy atom. The largest absolute Gasteiger partial charge is 0.356 e. The monoisotopic (exact) mass is 356 g/mol. The molecule has 1 saturated carbocycles. The highest BCUT2D eigenvalue weighted by Gasteiger charge is 2.43. The van der Waals surface area contributed by atoms with Crippen LogP contribution in [-0.2, 0) is 18.3 Å². The number of hydrogen-bond donors (Lipinski definition) is 2. The quantitative estimate of drug-likeness (QED) is 0.590. The molecule has 0 atom stereocenters. The van der Waals surface area contributed by atoms with Crippen molar-refractivity contribution in [2.24, 2.45) is 4.99 Å². The fraction of sp³-hybridized carbons (Fsp3) is 0.500. The van der Waals surface area contributed by atoms with Crippen molar-refractivity contribution in [2.45, 2.75) is 44.9 Å². The van der Waals surface area contributed by atoms with Gasteiger partial charge in [-0.25, -0.2) is 4.98 Å². The number of benzene rings is 1. The molecule has 0 radical (unpaired) electrons. The molecule has 1 fully saturated rings. The number of nitrogens with one attached hydrogen (secondary N) is 2. The predicted molar refractivity (Wildman–Crippen MR) is 107 cm³/mol. The Balaban J connectivity index is 1.47. The van der Waals surface area contributed by atoms with Crippen LogP contribution in [0.2, 0.25) is 0 Å². The zero-order valence-corrected chi connectivity index (χ0v) is 16.2. The van der Waals surface area contributed by atoms with E-state index >= 15 is 0 Å². The zero-order chi connectivity index (χ0) is 17.7. The van der Waals surface area contributed by atoms with Crippen molar-refractivity contribution in [1.82, 2.24) is 15.6 Å². The Morgan fingerprint density at radius 3 is 2.60 bits per heavy atom. The molecule has 1 aliphatic carbocycles. The fourth-order valence-corrected chi connectivity index (χ4v) is 4.22. The van der Waals surface area contributed by atoms with E-state index in [9.17, 15) is 0 Å². The molecule has 1 heterocycles. The van der Waals surface area contributed by atoms with Crippen LogP contribution in [-0.4, -0.2) is 31.1 Å². The van der Waals surface area contributed by atoms with Crippen molar-refractivity contribution >= 4 is 17.3 Å². The van der Waals surface area contributed by atoms with Crippen molar-refractivity contribution in [3.05, 3.63) is 51.5 Å². The second kappa shape index (κ2) is 8.00. The molecule has 4 nitrogen and oxygen atoms in total. The van der Waals surface area contributed by atoms with E-state index in [-0.39, 0.29) is 0 Å². The summed E-state index contributed by atoms with van der Waals surface area (Å²) in [6.07, 6.45) is 4.45. The van der Waals surface area contributed by atoms with Crippen LogP contribution in [0.25, 0.3) is 0 Å². The number of aromatic nitrogens is 1. The number of hydrogen-bond acceptors (Lipinski definition) is 3. The van der Waals surface area contributed by atoms with E-state index in [4.69, 9.17) is 4.98 Å². The van der Waals surface area contributed by atoms with Crippen molar-refractivity contribution < 1.29 is 0 Å². The number of aliphatic imine (C=N–C) groups is 1. The smallest absolute Gasteiger partial charge is 0.191 e. The van der Waals surface area contributed by atoms with Gasteiger partial charge in [0.15, 0.2) is 5.96 Å². The van der Waals surface area contributed by atoms with Crippen LogP contribution in [0.5, 0.6) is 0 Å². The first-order valence-corrected chi connectivity index (χ1v) is 9.94. The van der Waals surface area contributed by atoms with Crippen LogP contribution in [0.4, 0.5) is 0 Å². The van der Waals surface area contributed by atoms with Gasteiger partial charge in [0.25, 0.3) is 0 Å². The third-order valence-corrected chi connectivity index (χ3v) is 6.03. The van der Waals surface area contributed by atoms with E-state index in [1.165, 1.54) is 34.0 Å². The molecule has 0 spiro atoms. The van der Waals surface area contributed by atoms with Gasteiger partial charge < -0.3 is 10.6 Å². The van der Waals surface area contributed by atoms with Crippen LogP contribution in [0.15, 0.2) is 35.3 Å². The molecule has 0 aliphatic heterocycles. The molecular formula is C20H28N4S. The van der Waals surface area contributed by atoms with Crippen molar-refractivity contribution in [1.29, 1.82) is 0 Å². The van der Waals surface area contributed by atoms with E-state index in [1.54, 1.807) is 0 Å². The van der Waals surface area contributed by atoms with Gasteiger partial charge in [-0.15, -0.1) is 11.3 Å². The van der Waals surface area contributed by atoms with Gasteiger partial charge in [-0.3, -0.25) is 4.99 Å². The molecule has 2 N–H and O–H groups in total. The number of guanidine groups is 1. The molecule has 0 unspecified atom stereocenters. The summed E-state index contributed by atoms with van der Waals surface area (Å²) in [7, 11) is 1.83. The van der Waals surface area contributed by atoms with Gasteiger partial charge in [0.05, 0.1) is 10.7 Å². The van der Waals surface area contributed by atoms with Gasteiger partial charge in [0.2, 0.25) is 0 Å². The summed E-state index contributed by atoms with van der Waals surface area (Å²) in [5.41, 5.74) is 2.96. The van der Waals surface area contributed by atoms with E-state index in [0.29, 0.717) is 5.41 Å². The first kappa shape index (κ1) is 17.9. The van der Waals surface area contributed by atoms with Crippen molar-refractivity contribution in [2.75, 3.05) is 20.1 Å². The highest BCUT2D eigenvalue weighted by Crippen LogP contribution is 2.47. The summed E-state index contributed by atoms with van der Waals surface area (Å²) in [6, 6.07) is 10.8. The summed E-state index contributed by atoms with van der Waals surface area (Å²) >= 11 is 1.81. The second-order valence-corrected chi connectivity index (χ2v) is 8.00. The lowest BCUT2D eigenvalue weighted by Crippen LogP contribution is -2.41. The standard InChI is InChI=1S/C20H28N4S/c1-4-17-15(2)25-18(24-17)10-13-22-19(21-3)23-14-20(11-12-20)16-8-6-5-7-9-16/h5-9H,4,10-14H2,1-3H3,(H2,21,22,23). The molecule has 25 heavy (non-hydrogen) atoms. The van der Waals surface area contributed by atoms with Gasteiger partial charge in [-0.05, 0) is 31.7 Å².